The number of carbonyl (C=O) groups excluding carboxylic acids is 1. The lowest BCUT2D eigenvalue weighted by atomic mass is 9.91. The molecule has 0 bridgehead atoms. The van der Waals surface area contributed by atoms with E-state index in [1.54, 1.807) is 0 Å². The van der Waals surface area contributed by atoms with E-state index < -0.39 is 0 Å². The SMILES string of the molecule is CN(C)CCC(=O)C1NCCc2cc(Br)ccc21. The van der Waals surface area contributed by atoms with Crippen LogP contribution in [0, 0.1) is 0 Å². The molecule has 0 aromatic heterocycles. The summed E-state index contributed by atoms with van der Waals surface area (Å²) in [4.78, 5) is 14.3. The molecular formula is C14H19BrN2O. The first kappa shape index (κ1) is 13.7. The first-order valence-corrected chi connectivity index (χ1v) is 7.06. The lowest BCUT2D eigenvalue weighted by Crippen LogP contribution is -2.36. The van der Waals surface area contributed by atoms with Crippen LogP contribution in [0.3, 0.4) is 0 Å². The molecular weight excluding hydrogens is 292 g/mol. The maximum Gasteiger partial charge on any atom is 0.155 e. The van der Waals surface area contributed by atoms with Crippen LogP contribution in [0.5, 0.6) is 0 Å². The molecule has 0 saturated heterocycles. The predicted molar refractivity (Wildman–Crippen MR) is 76.8 cm³/mol. The van der Waals surface area contributed by atoms with Crippen molar-refractivity contribution in [3.05, 3.63) is 33.8 Å². The van der Waals surface area contributed by atoms with Crippen molar-refractivity contribution >= 4 is 21.7 Å². The smallest absolute Gasteiger partial charge is 0.155 e. The third-order valence-corrected chi connectivity index (χ3v) is 3.78. The topological polar surface area (TPSA) is 32.3 Å². The van der Waals surface area contributed by atoms with Crippen LogP contribution in [0.15, 0.2) is 22.7 Å². The monoisotopic (exact) mass is 310 g/mol. The fraction of sp³-hybridized carbons (Fsp3) is 0.500. The fourth-order valence-electron chi connectivity index (χ4n) is 2.30. The van der Waals surface area contributed by atoms with Crippen LogP contribution in [0.4, 0.5) is 0 Å². The van der Waals surface area contributed by atoms with Gasteiger partial charge in [-0.3, -0.25) is 4.79 Å². The van der Waals surface area contributed by atoms with Gasteiger partial charge in [0.15, 0.2) is 5.78 Å². The van der Waals surface area contributed by atoms with E-state index in [2.05, 4.69) is 33.4 Å². The van der Waals surface area contributed by atoms with Crippen LogP contribution in [0.2, 0.25) is 0 Å². The Hall–Kier alpha value is -0.710. The Morgan fingerprint density at radius 1 is 1.50 bits per heavy atom. The van der Waals surface area contributed by atoms with Gasteiger partial charge in [0.05, 0.1) is 6.04 Å². The highest BCUT2D eigenvalue weighted by Gasteiger charge is 2.25. The summed E-state index contributed by atoms with van der Waals surface area (Å²) in [6.07, 6.45) is 1.59. The number of hydrogen-bond donors (Lipinski definition) is 1. The van der Waals surface area contributed by atoms with Crippen LogP contribution < -0.4 is 5.32 Å². The minimum atomic E-state index is -0.123. The number of nitrogens with one attached hydrogen (secondary N) is 1. The highest BCUT2D eigenvalue weighted by atomic mass is 79.9. The lowest BCUT2D eigenvalue weighted by molar-refractivity contribution is -0.121. The number of ketones is 1. The second kappa shape index (κ2) is 5.95. The van der Waals surface area contributed by atoms with Gasteiger partial charge in [-0.25, -0.2) is 0 Å². The molecule has 0 amide bonds. The number of benzene rings is 1. The molecule has 1 aromatic carbocycles. The molecule has 0 spiro atoms. The summed E-state index contributed by atoms with van der Waals surface area (Å²) in [6.45, 7) is 1.69. The summed E-state index contributed by atoms with van der Waals surface area (Å²) in [5.74, 6) is 0.284. The molecule has 0 saturated carbocycles. The first-order chi connectivity index (χ1) is 8.58. The van der Waals surface area contributed by atoms with Gasteiger partial charge in [0.25, 0.3) is 0 Å². The van der Waals surface area contributed by atoms with Crippen molar-refractivity contribution in [2.24, 2.45) is 0 Å². The van der Waals surface area contributed by atoms with Crippen LogP contribution in [0.1, 0.15) is 23.6 Å². The Kier molecular flexibility index (Phi) is 4.54. The Morgan fingerprint density at radius 2 is 2.28 bits per heavy atom. The molecule has 1 heterocycles. The zero-order valence-electron chi connectivity index (χ0n) is 10.9. The van der Waals surface area contributed by atoms with Crippen molar-refractivity contribution in [3.8, 4) is 0 Å². The van der Waals surface area contributed by atoms with Gasteiger partial charge in [0.2, 0.25) is 0 Å². The molecule has 1 unspecified atom stereocenters. The molecule has 4 heteroatoms. The molecule has 1 N–H and O–H groups in total. The number of halogens is 1. The second-order valence-electron chi connectivity index (χ2n) is 5.00. The van der Waals surface area contributed by atoms with Gasteiger partial charge in [-0.1, -0.05) is 22.0 Å². The van der Waals surface area contributed by atoms with E-state index in [0.717, 1.165) is 29.5 Å². The fourth-order valence-corrected chi connectivity index (χ4v) is 2.71. The normalized spacial score (nSPS) is 18.8. The molecule has 3 nitrogen and oxygen atoms in total. The van der Waals surface area contributed by atoms with Crippen molar-refractivity contribution in [2.75, 3.05) is 27.2 Å². The highest BCUT2D eigenvalue weighted by Crippen LogP contribution is 2.27. The summed E-state index contributed by atoms with van der Waals surface area (Å²) < 4.78 is 1.09. The predicted octanol–water partition coefficient (Wildman–Crippen LogP) is 2.16. The number of fused-ring (bicyclic) bond motifs is 1. The number of nitrogens with zero attached hydrogens (tertiary/aromatic N) is 1. The largest absolute Gasteiger partial charge is 0.309 e. The molecule has 0 fully saturated rings. The van der Waals surface area contributed by atoms with Crippen LogP contribution in [-0.2, 0) is 11.2 Å². The molecule has 0 radical (unpaired) electrons. The highest BCUT2D eigenvalue weighted by molar-refractivity contribution is 9.10. The quantitative estimate of drug-likeness (QED) is 0.925. The summed E-state index contributed by atoms with van der Waals surface area (Å²) in [6, 6.07) is 6.08. The van der Waals surface area contributed by atoms with Gasteiger partial charge in [-0.2, -0.15) is 0 Å². The molecule has 1 atom stereocenters. The van der Waals surface area contributed by atoms with E-state index in [1.807, 2.05) is 25.1 Å². The second-order valence-corrected chi connectivity index (χ2v) is 5.92. The van der Waals surface area contributed by atoms with E-state index in [9.17, 15) is 4.79 Å². The van der Waals surface area contributed by atoms with Crippen LogP contribution in [0.25, 0.3) is 0 Å². The van der Waals surface area contributed by atoms with Gasteiger partial charge in [-0.05, 0) is 43.8 Å². The Balaban J connectivity index is 2.14. The first-order valence-electron chi connectivity index (χ1n) is 6.27. The van der Waals surface area contributed by atoms with Crippen molar-refractivity contribution in [3.63, 3.8) is 0 Å². The standard InChI is InChI=1S/C14H19BrN2O/c1-17(2)8-6-13(18)14-12-4-3-11(15)9-10(12)5-7-16-14/h3-4,9,14,16H,5-8H2,1-2H3. The molecule has 98 valence electrons. The lowest BCUT2D eigenvalue weighted by Gasteiger charge is -2.26. The average Bonchev–Trinajstić information content (AvgIpc) is 2.34. The van der Waals surface area contributed by atoms with E-state index >= 15 is 0 Å². The third-order valence-electron chi connectivity index (χ3n) is 3.29. The van der Waals surface area contributed by atoms with Crippen LogP contribution >= 0.6 is 15.9 Å². The number of carbonyl (C=O) groups is 1. The van der Waals surface area contributed by atoms with Crippen molar-refractivity contribution < 1.29 is 4.79 Å². The van der Waals surface area contributed by atoms with Gasteiger partial charge >= 0.3 is 0 Å². The third kappa shape index (κ3) is 3.19. The van der Waals surface area contributed by atoms with Crippen LogP contribution in [-0.4, -0.2) is 37.9 Å². The zero-order chi connectivity index (χ0) is 13.1. The van der Waals surface area contributed by atoms with E-state index in [-0.39, 0.29) is 11.8 Å². The van der Waals surface area contributed by atoms with Crippen molar-refractivity contribution in [1.82, 2.24) is 10.2 Å². The molecule has 1 aromatic rings. The average molecular weight is 311 g/mol. The Labute approximate surface area is 117 Å². The summed E-state index contributed by atoms with van der Waals surface area (Å²) in [7, 11) is 3.99. The summed E-state index contributed by atoms with van der Waals surface area (Å²) >= 11 is 3.49. The number of rotatable bonds is 4. The van der Waals surface area contributed by atoms with E-state index in [1.165, 1.54) is 5.56 Å². The molecule has 18 heavy (non-hydrogen) atoms. The van der Waals surface area contributed by atoms with Gasteiger partial charge in [-0.15, -0.1) is 0 Å². The summed E-state index contributed by atoms with van der Waals surface area (Å²) in [5.41, 5.74) is 2.43. The summed E-state index contributed by atoms with van der Waals surface area (Å²) in [5, 5.41) is 3.33. The van der Waals surface area contributed by atoms with E-state index in [0.29, 0.717) is 6.42 Å². The van der Waals surface area contributed by atoms with Crippen molar-refractivity contribution in [2.45, 2.75) is 18.9 Å². The van der Waals surface area contributed by atoms with E-state index in [4.69, 9.17) is 0 Å². The Morgan fingerprint density at radius 3 is 3.00 bits per heavy atom. The maximum atomic E-state index is 12.2. The maximum absolute atomic E-state index is 12.2. The number of Topliss-reactive ketones (excluding diaryl/α,β-unsaturated/α-hetero) is 1. The zero-order valence-corrected chi connectivity index (χ0v) is 12.5. The Bertz CT molecular complexity index is 445. The number of hydrogen-bond acceptors (Lipinski definition) is 3. The van der Waals surface area contributed by atoms with Gasteiger partial charge in [0.1, 0.15) is 0 Å². The molecule has 2 rings (SSSR count). The van der Waals surface area contributed by atoms with Crippen molar-refractivity contribution in [1.29, 1.82) is 0 Å². The minimum absolute atomic E-state index is 0.123. The van der Waals surface area contributed by atoms with Gasteiger partial charge < -0.3 is 10.2 Å². The minimum Gasteiger partial charge on any atom is -0.309 e. The van der Waals surface area contributed by atoms with Gasteiger partial charge in [0, 0.05) is 24.0 Å². The molecule has 1 aliphatic rings. The molecule has 1 aliphatic heterocycles. The molecule has 0 aliphatic carbocycles.